The first-order chi connectivity index (χ1) is 15.2. The molecule has 0 saturated carbocycles. The number of carboxylic acid groups (broad SMARTS) is 1. The molecule has 0 saturated heterocycles. The van der Waals surface area contributed by atoms with Gasteiger partial charge in [0, 0.05) is 32.3 Å². The summed E-state index contributed by atoms with van der Waals surface area (Å²) in [7, 11) is 0. The second-order valence-electron chi connectivity index (χ2n) is 7.62. The lowest BCUT2D eigenvalue weighted by Crippen LogP contribution is -2.28. The predicted octanol–water partition coefficient (Wildman–Crippen LogP) is 3.78. The Morgan fingerprint density at radius 3 is 2.74 bits per heavy atom. The van der Waals surface area contributed by atoms with E-state index < -0.39 is 5.97 Å². The maximum absolute atomic E-state index is 11.4. The van der Waals surface area contributed by atoms with E-state index in [0.717, 1.165) is 36.5 Å². The summed E-state index contributed by atoms with van der Waals surface area (Å²) < 4.78 is 11.7. The van der Waals surface area contributed by atoms with Gasteiger partial charge >= 0.3 is 5.97 Å². The Balaban J connectivity index is 1.60. The fraction of sp³-hybridized carbons (Fsp3) is 0.280. The van der Waals surface area contributed by atoms with Crippen LogP contribution in [0.4, 0.5) is 0 Å². The summed E-state index contributed by atoms with van der Waals surface area (Å²) in [6.07, 6.45) is 2.42. The van der Waals surface area contributed by atoms with E-state index in [1.165, 1.54) is 5.56 Å². The summed E-state index contributed by atoms with van der Waals surface area (Å²) in [5, 5.41) is 9.38. The van der Waals surface area contributed by atoms with E-state index in [2.05, 4.69) is 28.1 Å². The van der Waals surface area contributed by atoms with Crippen LogP contribution >= 0.6 is 0 Å². The first-order valence-corrected chi connectivity index (χ1v) is 10.4. The minimum atomic E-state index is -0.940. The van der Waals surface area contributed by atoms with Crippen molar-refractivity contribution in [2.24, 2.45) is 0 Å². The van der Waals surface area contributed by atoms with Crippen LogP contribution in [0.3, 0.4) is 0 Å². The summed E-state index contributed by atoms with van der Waals surface area (Å²) in [5.74, 6) is -0.239. The highest BCUT2D eigenvalue weighted by Crippen LogP contribution is 2.24. The van der Waals surface area contributed by atoms with Crippen molar-refractivity contribution in [2.45, 2.75) is 19.5 Å². The fourth-order valence-corrected chi connectivity index (χ4v) is 3.75. The van der Waals surface area contributed by atoms with Crippen molar-refractivity contribution >= 4 is 5.97 Å². The summed E-state index contributed by atoms with van der Waals surface area (Å²) in [5.41, 5.74) is 4.47. The Labute approximate surface area is 182 Å². The molecule has 6 heteroatoms. The topological polar surface area (TPSA) is 71.9 Å². The van der Waals surface area contributed by atoms with E-state index >= 15 is 0 Å². The Hall–Kier alpha value is -3.22. The molecule has 0 fully saturated rings. The maximum atomic E-state index is 11.4. The molecule has 1 N–H and O–H groups in total. The molecule has 0 aliphatic carbocycles. The van der Waals surface area contributed by atoms with E-state index in [1.54, 1.807) is 18.2 Å². The first-order valence-electron chi connectivity index (χ1n) is 10.4. The molecule has 4 rings (SSSR count). The number of rotatable bonds is 3. The lowest BCUT2D eigenvalue weighted by Gasteiger charge is -2.23. The number of carboxylic acids is 1. The molecule has 160 valence electrons. The van der Waals surface area contributed by atoms with Crippen LogP contribution in [0.15, 0.2) is 66.9 Å². The van der Waals surface area contributed by atoms with Crippen LogP contribution in [0.1, 0.15) is 32.7 Å². The minimum Gasteiger partial charge on any atom is -0.491 e. The van der Waals surface area contributed by atoms with Gasteiger partial charge in [-0.15, -0.1) is 0 Å². The highest BCUT2D eigenvalue weighted by molar-refractivity contribution is 5.88. The van der Waals surface area contributed by atoms with E-state index in [9.17, 15) is 9.90 Å². The highest BCUT2D eigenvalue weighted by Gasteiger charge is 2.13. The van der Waals surface area contributed by atoms with Crippen LogP contribution in [-0.2, 0) is 24.2 Å². The average Bonchev–Trinajstić information content (AvgIpc) is 2.77. The monoisotopic (exact) mass is 418 g/mol. The number of aromatic nitrogens is 1. The molecule has 1 aromatic heterocycles. The van der Waals surface area contributed by atoms with E-state index in [0.29, 0.717) is 32.0 Å². The quantitative estimate of drug-likeness (QED) is 0.698. The highest BCUT2D eigenvalue weighted by atomic mass is 16.5. The van der Waals surface area contributed by atoms with Crippen molar-refractivity contribution in [1.82, 2.24) is 9.88 Å². The van der Waals surface area contributed by atoms with Crippen LogP contribution in [0.5, 0.6) is 5.75 Å². The molecule has 31 heavy (non-hydrogen) atoms. The fourth-order valence-electron chi connectivity index (χ4n) is 3.75. The van der Waals surface area contributed by atoms with Gasteiger partial charge in [0.25, 0.3) is 0 Å². The second kappa shape index (κ2) is 10.2. The van der Waals surface area contributed by atoms with Crippen molar-refractivity contribution in [3.05, 3.63) is 94.8 Å². The SMILES string of the molecule is O=C(O)c1ccc2c(c1)Cc1cccc(c1)CN(Cc1ccccn1)CCOCCO2. The van der Waals surface area contributed by atoms with Gasteiger partial charge in [-0.05, 0) is 47.0 Å². The Kier molecular flexibility index (Phi) is 6.92. The Bertz CT molecular complexity index is 1020. The minimum absolute atomic E-state index is 0.261. The number of ether oxygens (including phenoxy) is 2. The molecule has 2 heterocycles. The zero-order valence-electron chi connectivity index (χ0n) is 17.4. The molecular formula is C25H26N2O4. The summed E-state index contributed by atoms with van der Waals surface area (Å²) in [6.45, 7) is 3.81. The smallest absolute Gasteiger partial charge is 0.335 e. The zero-order valence-corrected chi connectivity index (χ0v) is 17.4. The Morgan fingerprint density at radius 1 is 1.00 bits per heavy atom. The molecule has 0 unspecified atom stereocenters. The van der Waals surface area contributed by atoms with Gasteiger partial charge in [0.15, 0.2) is 0 Å². The molecular weight excluding hydrogens is 392 g/mol. The number of fused-ring (bicyclic) bond motifs is 3. The van der Waals surface area contributed by atoms with Gasteiger partial charge in [-0.3, -0.25) is 9.88 Å². The number of hydrogen-bond acceptors (Lipinski definition) is 5. The normalized spacial score (nSPS) is 15.4. The molecule has 1 aliphatic heterocycles. The van der Waals surface area contributed by atoms with Gasteiger partial charge in [-0.1, -0.05) is 30.3 Å². The summed E-state index contributed by atoms with van der Waals surface area (Å²) in [4.78, 5) is 18.2. The zero-order chi connectivity index (χ0) is 21.5. The largest absolute Gasteiger partial charge is 0.491 e. The molecule has 2 bridgehead atoms. The van der Waals surface area contributed by atoms with E-state index in [4.69, 9.17) is 9.47 Å². The third-order valence-electron chi connectivity index (χ3n) is 5.25. The van der Waals surface area contributed by atoms with Crippen LogP contribution in [0.25, 0.3) is 0 Å². The van der Waals surface area contributed by atoms with Crippen LogP contribution in [0.2, 0.25) is 0 Å². The van der Waals surface area contributed by atoms with Gasteiger partial charge in [0.05, 0.1) is 24.5 Å². The number of hydrogen-bond donors (Lipinski definition) is 1. The molecule has 1 aliphatic rings. The van der Waals surface area contributed by atoms with Gasteiger partial charge in [-0.25, -0.2) is 4.79 Å². The number of aromatic carboxylic acids is 1. The lowest BCUT2D eigenvalue weighted by atomic mass is 10.00. The van der Waals surface area contributed by atoms with E-state index in [-0.39, 0.29) is 5.56 Å². The number of pyridine rings is 1. The standard InChI is InChI=1S/C25H26N2O4/c28-25(29)21-7-8-24-22(16-21)15-19-4-3-5-20(14-19)17-27(10-11-30-12-13-31-24)18-23-6-1-2-9-26-23/h1-9,14,16H,10-13,15,17-18H2,(H,28,29). The predicted molar refractivity (Wildman–Crippen MR) is 117 cm³/mol. The van der Waals surface area contributed by atoms with Crippen LogP contribution < -0.4 is 4.74 Å². The third kappa shape index (κ3) is 5.90. The molecule has 3 aromatic rings. The van der Waals surface area contributed by atoms with Gasteiger partial charge < -0.3 is 14.6 Å². The average molecular weight is 418 g/mol. The van der Waals surface area contributed by atoms with Crippen LogP contribution in [-0.4, -0.2) is 47.3 Å². The van der Waals surface area contributed by atoms with Crippen LogP contribution in [0, 0.1) is 0 Å². The lowest BCUT2D eigenvalue weighted by molar-refractivity contribution is 0.0695. The van der Waals surface area contributed by atoms with Gasteiger partial charge in [-0.2, -0.15) is 0 Å². The van der Waals surface area contributed by atoms with Crippen molar-refractivity contribution < 1.29 is 19.4 Å². The molecule has 0 radical (unpaired) electrons. The third-order valence-corrected chi connectivity index (χ3v) is 5.25. The maximum Gasteiger partial charge on any atom is 0.335 e. The van der Waals surface area contributed by atoms with Gasteiger partial charge in [0.2, 0.25) is 0 Å². The molecule has 0 atom stereocenters. The molecule has 0 spiro atoms. The molecule has 0 amide bonds. The molecule has 6 nitrogen and oxygen atoms in total. The second-order valence-corrected chi connectivity index (χ2v) is 7.62. The van der Waals surface area contributed by atoms with Crippen molar-refractivity contribution in [3.8, 4) is 5.75 Å². The number of carbonyl (C=O) groups is 1. The van der Waals surface area contributed by atoms with Gasteiger partial charge in [0.1, 0.15) is 12.4 Å². The van der Waals surface area contributed by atoms with Crippen molar-refractivity contribution in [2.75, 3.05) is 26.4 Å². The summed E-state index contributed by atoms with van der Waals surface area (Å²) in [6, 6.07) is 19.4. The van der Waals surface area contributed by atoms with Crippen molar-refractivity contribution in [3.63, 3.8) is 0 Å². The summed E-state index contributed by atoms with van der Waals surface area (Å²) >= 11 is 0. The molecule has 2 aromatic carbocycles. The number of nitrogens with zero attached hydrogens (tertiary/aromatic N) is 2. The van der Waals surface area contributed by atoms with E-state index in [1.807, 2.05) is 30.5 Å². The number of benzene rings is 2. The Morgan fingerprint density at radius 2 is 1.90 bits per heavy atom. The first kappa shape index (κ1) is 21.0. The van der Waals surface area contributed by atoms with Crippen molar-refractivity contribution in [1.29, 1.82) is 0 Å².